The molecule has 0 saturated carbocycles. The molecule has 39 heavy (non-hydrogen) atoms. The zero-order valence-corrected chi connectivity index (χ0v) is 21.1. The molecular weight excluding hydrogens is 537 g/mol. The number of rotatable bonds is 4. The van der Waals surface area contributed by atoms with Crippen molar-refractivity contribution in [2.45, 2.75) is 17.8 Å². The summed E-state index contributed by atoms with van der Waals surface area (Å²) in [6.45, 7) is 2.13. The Morgan fingerprint density at radius 1 is 1.03 bits per heavy atom. The number of carboxylic acids is 1. The van der Waals surface area contributed by atoms with E-state index in [1.807, 2.05) is 0 Å². The van der Waals surface area contributed by atoms with E-state index in [4.69, 9.17) is 4.52 Å². The molecule has 0 spiro atoms. The molecule has 4 aromatic rings. The Bertz CT molecular complexity index is 1740. The van der Waals surface area contributed by atoms with Gasteiger partial charge in [-0.3, -0.25) is 9.59 Å². The number of aromatic nitrogens is 2. The fraction of sp³-hybridized carbons (Fsp3) is 0.231. The lowest BCUT2D eigenvalue weighted by Crippen LogP contribution is -2.49. The number of benzene rings is 2. The number of hydrogen-bond acceptors (Lipinski definition) is 7. The summed E-state index contributed by atoms with van der Waals surface area (Å²) >= 11 is 1.22. The van der Waals surface area contributed by atoms with Crippen molar-refractivity contribution >= 4 is 40.2 Å². The van der Waals surface area contributed by atoms with Gasteiger partial charge in [-0.1, -0.05) is 23.0 Å². The summed E-state index contributed by atoms with van der Waals surface area (Å²) in [5, 5.41) is 13.7. The van der Waals surface area contributed by atoms with E-state index < -0.39 is 40.3 Å². The molecule has 6 rings (SSSR count). The van der Waals surface area contributed by atoms with E-state index in [9.17, 15) is 28.3 Å². The van der Waals surface area contributed by atoms with Gasteiger partial charge in [-0.15, -0.1) is 0 Å². The topological polar surface area (TPSA) is 109 Å². The van der Waals surface area contributed by atoms with Crippen LogP contribution in [0, 0.1) is 24.4 Å². The summed E-state index contributed by atoms with van der Waals surface area (Å²) < 4.78 is 50.8. The minimum Gasteiger partial charge on any atom is -0.477 e. The molecule has 0 atom stereocenters. The van der Waals surface area contributed by atoms with Gasteiger partial charge in [-0.25, -0.2) is 18.0 Å². The van der Waals surface area contributed by atoms with Gasteiger partial charge in [0.15, 0.2) is 0 Å². The summed E-state index contributed by atoms with van der Waals surface area (Å²) in [6, 6.07) is 5.91. The molecule has 9 nitrogen and oxygen atoms in total. The highest BCUT2D eigenvalue weighted by atomic mass is 32.2. The maximum Gasteiger partial charge on any atom is 0.342 e. The molecule has 0 unspecified atom stereocenters. The number of fused-ring (bicyclic) bond motifs is 3. The second kappa shape index (κ2) is 9.19. The van der Waals surface area contributed by atoms with Crippen molar-refractivity contribution in [3.8, 4) is 11.3 Å². The maximum atomic E-state index is 15.2. The van der Waals surface area contributed by atoms with Gasteiger partial charge in [-0.05, 0) is 25.1 Å². The SMILES string of the molecule is Cc1onc(-c2c(F)cccc2F)c1C(=O)N1CCN(c2cc3c(=O)c(C(=O)O)c4n(c3cc2F)CS4)CC1. The first-order valence-corrected chi connectivity index (χ1v) is 12.9. The minimum absolute atomic E-state index is 0.0609. The van der Waals surface area contributed by atoms with Crippen LogP contribution < -0.4 is 10.3 Å². The van der Waals surface area contributed by atoms with Crippen LogP contribution in [0.2, 0.25) is 0 Å². The number of carbonyl (C=O) groups is 2. The number of aryl methyl sites for hydroxylation is 1. The van der Waals surface area contributed by atoms with Crippen LogP contribution in [0.3, 0.4) is 0 Å². The number of carboxylic acid groups (broad SMARTS) is 1. The molecule has 1 amide bonds. The highest BCUT2D eigenvalue weighted by Crippen LogP contribution is 2.38. The van der Waals surface area contributed by atoms with Crippen molar-refractivity contribution in [3.05, 3.63) is 74.9 Å². The summed E-state index contributed by atoms with van der Waals surface area (Å²) in [5.74, 6) is -3.71. The highest BCUT2D eigenvalue weighted by molar-refractivity contribution is 7.99. The third kappa shape index (κ3) is 3.87. The molecular formula is C26H19F3N4O5S. The first-order valence-electron chi connectivity index (χ1n) is 11.9. The number of anilines is 1. The standard InChI is InChI=1S/C26H19F3N4O5S/c1-12-19(22(30-38-12)20-14(27)3-2-4-15(20)28)24(35)32-7-5-31(6-8-32)18-9-13-17(10-16(18)29)33-11-39-25(33)21(23(13)34)26(36)37/h2-4,9-10H,5-8,11H2,1H3,(H,36,37). The van der Waals surface area contributed by atoms with Crippen molar-refractivity contribution in [3.63, 3.8) is 0 Å². The summed E-state index contributed by atoms with van der Waals surface area (Å²) in [4.78, 5) is 41.2. The molecule has 0 aliphatic carbocycles. The lowest BCUT2D eigenvalue weighted by atomic mass is 10.0. The van der Waals surface area contributed by atoms with Gasteiger partial charge in [0, 0.05) is 37.6 Å². The Morgan fingerprint density at radius 2 is 1.72 bits per heavy atom. The molecule has 1 saturated heterocycles. The second-order valence-corrected chi connectivity index (χ2v) is 10.1. The Hall–Kier alpha value is -4.26. The van der Waals surface area contributed by atoms with Crippen LogP contribution in [0.5, 0.6) is 0 Å². The van der Waals surface area contributed by atoms with Gasteiger partial charge in [-0.2, -0.15) is 0 Å². The van der Waals surface area contributed by atoms with Gasteiger partial charge in [0.1, 0.15) is 40.0 Å². The number of halogens is 3. The third-order valence-corrected chi connectivity index (χ3v) is 8.10. The van der Waals surface area contributed by atoms with E-state index in [2.05, 4.69) is 5.16 Å². The fourth-order valence-electron chi connectivity index (χ4n) is 5.03. The number of aromatic carboxylic acids is 1. The van der Waals surface area contributed by atoms with Gasteiger partial charge in [0.05, 0.1) is 27.7 Å². The number of hydrogen-bond donors (Lipinski definition) is 1. The zero-order valence-electron chi connectivity index (χ0n) is 20.3. The molecule has 2 aromatic carbocycles. The highest BCUT2D eigenvalue weighted by Gasteiger charge is 2.32. The first kappa shape index (κ1) is 25.0. The predicted octanol–water partition coefficient (Wildman–Crippen LogP) is 4.11. The van der Waals surface area contributed by atoms with Crippen molar-refractivity contribution in [2.75, 3.05) is 31.1 Å². The molecule has 200 valence electrons. The molecule has 1 N–H and O–H groups in total. The average Bonchev–Trinajstić information content (AvgIpc) is 3.25. The number of pyridine rings is 1. The molecule has 2 aliphatic heterocycles. The minimum atomic E-state index is -1.34. The van der Waals surface area contributed by atoms with Crippen LogP contribution in [-0.4, -0.2) is 57.8 Å². The Labute approximate surface area is 222 Å². The van der Waals surface area contributed by atoms with Crippen LogP contribution in [-0.2, 0) is 5.88 Å². The van der Waals surface area contributed by atoms with E-state index in [-0.39, 0.29) is 59.8 Å². The summed E-state index contributed by atoms with van der Waals surface area (Å²) in [5.41, 5.74) is -1.33. The molecule has 13 heteroatoms. The molecule has 2 aromatic heterocycles. The van der Waals surface area contributed by atoms with Crippen LogP contribution in [0.1, 0.15) is 26.5 Å². The smallest absolute Gasteiger partial charge is 0.342 e. The monoisotopic (exact) mass is 556 g/mol. The van der Waals surface area contributed by atoms with Crippen LogP contribution in [0.25, 0.3) is 22.2 Å². The van der Waals surface area contributed by atoms with Crippen LogP contribution in [0.15, 0.2) is 44.7 Å². The van der Waals surface area contributed by atoms with Crippen LogP contribution >= 0.6 is 11.8 Å². The Morgan fingerprint density at radius 3 is 2.33 bits per heavy atom. The Balaban J connectivity index is 1.28. The van der Waals surface area contributed by atoms with Crippen molar-refractivity contribution in [2.24, 2.45) is 0 Å². The number of carbonyl (C=O) groups excluding carboxylic acids is 1. The molecule has 0 bridgehead atoms. The van der Waals surface area contributed by atoms with Gasteiger partial charge >= 0.3 is 5.97 Å². The van der Waals surface area contributed by atoms with Gasteiger partial charge in [0.2, 0.25) is 5.43 Å². The lowest BCUT2D eigenvalue weighted by molar-refractivity contribution is 0.0688. The number of piperazine rings is 1. The van der Waals surface area contributed by atoms with Crippen molar-refractivity contribution in [1.29, 1.82) is 0 Å². The normalized spacial score (nSPS) is 14.9. The fourth-order valence-corrected chi connectivity index (χ4v) is 5.98. The third-order valence-electron chi connectivity index (χ3n) is 7.01. The summed E-state index contributed by atoms with van der Waals surface area (Å²) in [6.07, 6.45) is 0. The van der Waals surface area contributed by atoms with E-state index in [1.54, 1.807) is 9.47 Å². The van der Waals surface area contributed by atoms with Crippen LogP contribution in [0.4, 0.5) is 18.9 Å². The van der Waals surface area contributed by atoms with Crippen molar-refractivity contribution < 1.29 is 32.4 Å². The van der Waals surface area contributed by atoms with E-state index >= 15 is 4.39 Å². The lowest BCUT2D eigenvalue weighted by Gasteiger charge is -2.36. The summed E-state index contributed by atoms with van der Waals surface area (Å²) in [7, 11) is 0. The van der Waals surface area contributed by atoms with E-state index in [1.165, 1.54) is 41.8 Å². The molecule has 0 radical (unpaired) electrons. The predicted molar refractivity (Wildman–Crippen MR) is 136 cm³/mol. The van der Waals surface area contributed by atoms with Gasteiger partial charge < -0.3 is 24.0 Å². The zero-order chi connectivity index (χ0) is 27.6. The van der Waals surface area contributed by atoms with Crippen molar-refractivity contribution in [1.82, 2.24) is 14.6 Å². The second-order valence-electron chi connectivity index (χ2n) is 9.17. The van der Waals surface area contributed by atoms with E-state index in [0.29, 0.717) is 16.4 Å². The number of amides is 1. The number of thioether (sulfide) groups is 1. The molecule has 2 aliphatic rings. The average molecular weight is 557 g/mol. The molecule has 4 heterocycles. The Kier molecular flexibility index (Phi) is 5.90. The van der Waals surface area contributed by atoms with E-state index in [0.717, 1.165) is 12.1 Å². The van der Waals surface area contributed by atoms with Gasteiger partial charge in [0.25, 0.3) is 5.91 Å². The molecule has 1 fully saturated rings. The largest absolute Gasteiger partial charge is 0.477 e. The number of nitrogens with zero attached hydrogens (tertiary/aromatic N) is 4. The maximum absolute atomic E-state index is 15.2. The first-order chi connectivity index (χ1) is 18.7. The quantitative estimate of drug-likeness (QED) is 0.400.